The van der Waals surface area contributed by atoms with Crippen molar-refractivity contribution in [3.05, 3.63) is 47.5 Å². The molecule has 0 N–H and O–H groups in total. The summed E-state index contributed by atoms with van der Waals surface area (Å²) in [6.45, 7) is 7.41. The predicted molar refractivity (Wildman–Crippen MR) is 116 cm³/mol. The molecule has 0 amide bonds. The Labute approximate surface area is 179 Å². The lowest BCUT2D eigenvalue weighted by Gasteiger charge is -2.22. The first-order valence-corrected chi connectivity index (χ1v) is 11.3. The number of carbonyl (C=O) groups excluding carboxylic acids is 2. The van der Waals surface area contributed by atoms with Crippen LogP contribution >= 0.6 is 55.4 Å². The van der Waals surface area contributed by atoms with Gasteiger partial charge in [0, 0.05) is 30.7 Å². The Morgan fingerprint density at radius 2 is 1.04 bits per heavy atom. The van der Waals surface area contributed by atoms with Crippen LogP contribution in [-0.2, 0) is 0 Å². The van der Waals surface area contributed by atoms with Crippen LogP contribution in [0, 0.1) is 0 Å². The van der Waals surface area contributed by atoms with Gasteiger partial charge in [0.25, 0.3) is 0 Å². The van der Waals surface area contributed by atoms with Crippen LogP contribution in [0.4, 0.5) is 0 Å². The minimum atomic E-state index is -0.591. The third-order valence-electron chi connectivity index (χ3n) is 3.93. The summed E-state index contributed by atoms with van der Waals surface area (Å²) in [5.74, 6) is 0.114. The number of hydrogen-bond acceptors (Lipinski definition) is 4. The minimum absolute atomic E-state index is 0.0571. The molecule has 136 valence electrons. The lowest BCUT2D eigenvalue weighted by Crippen LogP contribution is -2.24. The zero-order valence-electron chi connectivity index (χ0n) is 14.9. The van der Waals surface area contributed by atoms with E-state index in [-0.39, 0.29) is 11.6 Å². The number of Topliss-reactive ketones (excluding diaryl/α,β-unsaturated/α-hetero) is 2. The monoisotopic (exact) mass is 512 g/mol. The quantitative estimate of drug-likeness (QED) is 0.277. The van der Waals surface area contributed by atoms with Crippen LogP contribution < -0.4 is 0 Å². The van der Waals surface area contributed by atoms with Crippen LogP contribution in [0.3, 0.4) is 0 Å². The van der Waals surface area contributed by atoms with Crippen LogP contribution in [-0.4, -0.2) is 20.2 Å². The third kappa shape index (κ3) is 4.13. The molecule has 0 spiro atoms. The molecule has 1 heterocycles. The fourth-order valence-electron chi connectivity index (χ4n) is 2.55. The van der Waals surface area contributed by atoms with E-state index in [1.807, 2.05) is 64.1 Å². The van der Waals surface area contributed by atoms with Crippen molar-refractivity contribution in [1.29, 1.82) is 0 Å². The van der Waals surface area contributed by atoms with Gasteiger partial charge >= 0.3 is 0 Å². The van der Waals surface area contributed by atoms with E-state index in [1.54, 1.807) is 23.5 Å². The van der Waals surface area contributed by atoms with Crippen molar-refractivity contribution in [2.24, 2.45) is 0 Å². The molecule has 0 saturated carbocycles. The van der Waals surface area contributed by atoms with Crippen LogP contribution in [0.5, 0.6) is 0 Å². The van der Waals surface area contributed by atoms with E-state index in [2.05, 4.69) is 31.9 Å². The molecular formula is C20H18Br2O2S2. The predicted octanol–water partition coefficient (Wildman–Crippen LogP) is 7.01. The summed E-state index contributed by atoms with van der Waals surface area (Å²) < 4.78 is -1.18. The summed E-state index contributed by atoms with van der Waals surface area (Å²) in [7, 11) is 0. The van der Waals surface area contributed by atoms with Crippen molar-refractivity contribution >= 4 is 67.0 Å². The van der Waals surface area contributed by atoms with Crippen LogP contribution in [0.15, 0.2) is 56.0 Å². The molecule has 0 unspecified atom stereocenters. The lowest BCUT2D eigenvalue weighted by molar-refractivity contribution is 0.0954. The summed E-state index contributed by atoms with van der Waals surface area (Å²) in [5, 5.41) is 0. The second-order valence-corrected chi connectivity index (χ2v) is 13.3. The number of carbonyl (C=O) groups is 2. The van der Waals surface area contributed by atoms with Gasteiger partial charge in [-0.2, -0.15) is 0 Å². The fourth-order valence-corrected chi connectivity index (χ4v) is 5.28. The van der Waals surface area contributed by atoms with Crippen molar-refractivity contribution in [3.63, 3.8) is 0 Å². The van der Waals surface area contributed by atoms with Crippen LogP contribution in [0.2, 0.25) is 0 Å². The molecule has 1 aliphatic heterocycles. The maximum atomic E-state index is 12.5. The summed E-state index contributed by atoms with van der Waals surface area (Å²) >= 11 is 10.2. The maximum absolute atomic E-state index is 12.5. The number of ketones is 2. The molecule has 2 aromatic carbocycles. The first-order valence-electron chi connectivity index (χ1n) is 8.08. The largest absolute Gasteiger partial charge is 0.293 e. The Bertz CT molecular complexity index is 836. The smallest absolute Gasteiger partial charge is 0.178 e. The number of benzene rings is 2. The molecule has 2 aromatic rings. The van der Waals surface area contributed by atoms with Crippen LogP contribution in [0.25, 0.3) is 0 Å². The maximum Gasteiger partial charge on any atom is 0.178 e. The van der Waals surface area contributed by atoms with Gasteiger partial charge in [-0.05, 0) is 52.0 Å². The van der Waals surface area contributed by atoms with Gasteiger partial charge < -0.3 is 0 Å². The number of alkyl halides is 2. The van der Waals surface area contributed by atoms with E-state index in [0.717, 1.165) is 19.6 Å². The molecule has 0 bridgehead atoms. The average molecular weight is 514 g/mol. The van der Waals surface area contributed by atoms with Gasteiger partial charge in [0.15, 0.2) is 11.6 Å². The Balaban J connectivity index is 1.95. The van der Waals surface area contributed by atoms with Gasteiger partial charge in [-0.25, -0.2) is 0 Å². The average Bonchev–Trinajstić information content (AvgIpc) is 2.56. The molecule has 0 aromatic heterocycles. The van der Waals surface area contributed by atoms with Crippen molar-refractivity contribution in [2.45, 2.75) is 55.9 Å². The molecule has 0 saturated heterocycles. The van der Waals surface area contributed by atoms with Gasteiger partial charge in [-0.1, -0.05) is 67.5 Å². The number of hydrogen-bond donors (Lipinski definition) is 0. The third-order valence-corrected chi connectivity index (χ3v) is 7.18. The molecule has 0 radical (unpaired) electrons. The second-order valence-electron chi connectivity index (χ2n) is 7.13. The number of rotatable bonds is 4. The summed E-state index contributed by atoms with van der Waals surface area (Å²) in [6.07, 6.45) is 0. The van der Waals surface area contributed by atoms with Crippen molar-refractivity contribution in [1.82, 2.24) is 0 Å². The zero-order valence-corrected chi connectivity index (χ0v) is 19.7. The van der Waals surface area contributed by atoms with Gasteiger partial charge in [0.1, 0.15) is 0 Å². The lowest BCUT2D eigenvalue weighted by atomic mass is 10.0. The molecule has 26 heavy (non-hydrogen) atoms. The molecule has 0 atom stereocenters. The topological polar surface area (TPSA) is 34.1 Å². The highest BCUT2D eigenvalue weighted by molar-refractivity contribution is 9.10. The fraction of sp³-hybridized carbons (Fsp3) is 0.300. The van der Waals surface area contributed by atoms with Crippen molar-refractivity contribution in [3.8, 4) is 0 Å². The number of fused-ring (bicyclic) bond motifs is 2. The van der Waals surface area contributed by atoms with E-state index in [9.17, 15) is 9.59 Å². The van der Waals surface area contributed by atoms with Crippen molar-refractivity contribution < 1.29 is 9.59 Å². The SMILES string of the molecule is CC(C)(Br)C(=O)c1ccc2c(c1)Sc1cc(C(=O)C(C)(C)Br)ccc1S2. The first-order chi connectivity index (χ1) is 12.0. The molecular weight excluding hydrogens is 496 g/mol. The molecule has 0 fully saturated rings. The second kappa shape index (κ2) is 7.12. The Kier molecular flexibility index (Phi) is 5.52. The highest BCUT2D eigenvalue weighted by atomic mass is 79.9. The molecule has 0 aliphatic carbocycles. The summed E-state index contributed by atoms with van der Waals surface area (Å²) in [5.41, 5.74) is 1.38. The summed E-state index contributed by atoms with van der Waals surface area (Å²) in [4.78, 5) is 29.4. The number of halogens is 2. The van der Waals surface area contributed by atoms with E-state index in [0.29, 0.717) is 11.1 Å². The highest BCUT2D eigenvalue weighted by Crippen LogP contribution is 2.49. The summed E-state index contributed by atoms with van der Waals surface area (Å²) in [6, 6.07) is 11.7. The van der Waals surface area contributed by atoms with Gasteiger partial charge in [-0.3, -0.25) is 9.59 Å². The standard InChI is InChI=1S/C20H18Br2O2S2/c1-19(2,21)17(23)11-5-7-13-15(9-11)26-16-10-12(6-8-14(16)25-13)18(24)20(3,4)22/h5-10H,1-4H3. The van der Waals surface area contributed by atoms with E-state index < -0.39 is 8.65 Å². The Morgan fingerprint density at radius 3 is 1.38 bits per heavy atom. The Morgan fingerprint density at radius 1 is 0.692 bits per heavy atom. The highest BCUT2D eigenvalue weighted by Gasteiger charge is 2.28. The molecule has 2 nitrogen and oxygen atoms in total. The van der Waals surface area contributed by atoms with E-state index in [1.165, 1.54) is 0 Å². The minimum Gasteiger partial charge on any atom is -0.293 e. The van der Waals surface area contributed by atoms with Gasteiger partial charge in [0.2, 0.25) is 0 Å². The first kappa shape index (κ1) is 20.2. The van der Waals surface area contributed by atoms with Gasteiger partial charge in [-0.15, -0.1) is 0 Å². The zero-order chi connectivity index (χ0) is 19.3. The molecule has 6 heteroatoms. The van der Waals surface area contributed by atoms with E-state index in [4.69, 9.17) is 0 Å². The van der Waals surface area contributed by atoms with Crippen molar-refractivity contribution in [2.75, 3.05) is 0 Å². The molecule has 3 rings (SSSR count). The van der Waals surface area contributed by atoms with Crippen LogP contribution in [0.1, 0.15) is 48.4 Å². The Hall–Kier alpha value is -0.560. The molecule has 1 aliphatic rings. The normalized spacial score (nSPS) is 13.8. The van der Waals surface area contributed by atoms with Gasteiger partial charge in [0.05, 0.1) is 8.65 Å². The van der Waals surface area contributed by atoms with E-state index >= 15 is 0 Å².